The van der Waals surface area contributed by atoms with Gasteiger partial charge in [-0.2, -0.15) is 0 Å². The maximum absolute atomic E-state index is 12.0. The highest BCUT2D eigenvalue weighted by molar-refractivity contribution is 7.90. The van der Waals surface area contributed by atoms with Crippen molar-refractivity contribution < 1.29 is 13.2 Å². The minimum Gasteiger partial charge on any atom is -0.377 e. The molecule has 138 valence electrons. The first-order valence-electron chi connectivity index (χ1n) is 8.89. The third-order valence-electron chi connectivity index (χ3n) is 4.19. The summed E-state index contributed by atoms with van der Waals surface area (Å²) in [5.74, 6) is 0.362. The summed E-state index contributed by atoms with van der Waals surface area (Å²) in [6.45, 7) is 10.4. The van der Waals surface area contributed by atoms with Crippen LogP contribution < -0.4 is 0 Å². The van der Waals surface area contributed by atoms with Crippen LogP contribution in [-0.2, 0) is 27.7 Å². The van der Waals surface area contributed by atoms with Crippen LogP contribution in [0.15, 0.2) is 11.4 Å². The summed E-state index contributed by atoms with van der Waals surface area (Å²) in [7, 11) is -3.31. The van der Waals surface area contributed by atoms with Gasteiger partial charge in [0.15, 0.2) is 0 Å². The van der Waals surface area contributed by atoms with Crippen LogP contribution in [-0.4, -0.2) is 54.9 Å². The fourth-order valence-corrected chi connectivity index (χ4v) is 4.02. The minimum absolute atomic E-state index is 0.182. The molecule has 1 unspecified atom stereocenters. The molecule has 0 saturated carbocycles. The number of nitrogens with zero attached hydrogens (tertiary/aromatic N) is 3. The summed E-state index contributed by atoms with van der Waals surface area (Å²) in [5, 5.41) is 0.182. The number of aromatic nitrogens is 2. The molecule has 1 aliphatic heterocycles. The second-order valence-corrected chi connectivity index (χ2v) is 9.09. The van der Waals surface area contributed by atoms with E-state index >= 15 is 0 Å². The van der Waals surface area contributed by atoms with Gasteiger partial charge in [0.25, 0.3) is 0 Å². The third-order valence-corrected chi connectivity index (χ3v) is 5.18. The summed E-state index contributed by atoms with van der Waals surface area (Å²) < 4.78 is 31.8. The summed E-state index contributed by atoms with van der Waals surface area (Å²) in [5.41, 5.74) is 0.972. The number of hydrogen-bond donors (Lipinski definition) is 0. The first-order chi connectivity index (χ1) is 11.3. The Hall–Kier alpha value is -0.920. The van der Waals surface area contributed by atoms with Gasteiger partial charge in [-0.3, -0.25) is 4.90 Å². The number of ether oxygens (including phenoxy) is 1. The highest BCUT2D eigenvalue weighted by atomic mass is 32.2. The van der Waals surface area contributed by atoms with E-state index in [-0.39, 0.29) is 11.3 Å². The molecule has 0 radical (unpaired) electrons. The van der Waals surface area contributed by atoms with Gasteiger partial charge in [0, 0.05) is 32.5 Å². The molecule has 2 rings (SSSR count). The van der Waals surface area contributed by atoms with Gasteiger partial charge in [0.2, 0.25) is 15.0 Å². The van der Waals surface area contributed by atoms with Crippen molar-refractivity contribution in [3.8, 4) is 0 Å². The zero-order chi connectivity index (χ0) is 17.7. The molecule has 7 heteroatoms. The smallest absolute Gasteiger partial charge is 0.227 e. The van der Waals surface area contributed by atoms with Gasteiger partial charge in [-0.15, -0.1) is 0 Å². The molecule has 0 N–H and O–H groups in total. The van der Waals surface area contributed by atoms with Gasteiger partial charge >= 0.3 is 0 Å². The summed E-state index contributed by atoms with van der Waals surface area (Å²) >= 11 is 0. The lowest BCUT2D eigenvalue weighted by Crippen LogP contribution is -2.39. The van der Waals surface area contributed by atoms with Crippen LogP contribution in [0.25, 0.3) is 0 Å². The molecule has 1 atom stereocenters. The second-order valence-electron chi connectivity index (χ2n) is 7.18. The maximum atomic E-state index is 12.0. The van der Waals surface area contributed by atoms with E-state index in [4.69, 9.17) is 4.74 Å². The Bertz CT molecular complexity index is 625. The zero-order valence-electron chi connectivity index (χ0n) is 15.4. The Morgan fingerprint density at radius 2 is 2.17 bits per heavy atom. The number of piperidine rings is 1. The van der Waals surface area contributed by atoms with Crippen molar-refractivity contribution >= 4 is 9.84 Å². The van der Waals surface area contributed by atoms with Gasteiger partial charge in [0.1, 0.15) is 0 Å². The van der Waals surface area contributed by atoms with Gasteiger partial charge in [-0.05, 0) is 31.7 Å². The van der Waals surface area contributed by atoms with E-state index in [1.807, 2.05) is 4.57 Å². The Labute approximate surface area is 146 Å². The van der Waals surface area contributed by atoms with Gasteiger partial charge in [-0.1, -0.05) is 20.8 Å². The third kappa shape index (κ3) is 5.29. The largest absolute Gasteiger partial charge is 0.377 e. The normalized spacial score (nSPS) is 20.0. The standard InChI is InChI=1S/C17H31N3O3S/c1-5-9-23-16-7-6-8-19(13-16)12-15-10-18-17(24(4,21)22)20(15)11-14(2)3/h10,14,16H,5-9,11-13H2,1-4H3. The molecule has 0 aliphatic carbocycles. The van der Waals surface area contributed by atoms with E-state index in [1.165, 1.54) is 6.26 Å². The fraction of sp³-hybridized carbons (Fsp3) is 0.824. The van der Waals surface area contributed by atoms with Crippen molar-refractivity contribution in [2.45, 2.75) is 64.4 Å². The Morgan fingerprint density at radius 1 is 1.42 bits per heavy atom. The monoisotopic (exact) mass is 357 g/mol. The second kappa shape index (κ2) is 8.45. The van der Waals surface area contributed by atoms with Crippen LogP contribution in [0.2, 0.25) is 0 Å². The Morgan fingerprint density at radius 3 is 2.79 bits per heavy atom. The average molecular weight is 358 g/mol. The molecule has 0 spiro atoms. The van der Waals surface area contributed by atoms with Crippen molar-refractivity contribution in [2.75, 3.05) is 26.0 Å². The highest BCUT2D eigenvalue weighted by Gasteiger charge is 2.24. The molecule has 6 nitrogen and oxygen atoms in total. The van der Waals surface area contributed by atoms with E-state index in [1.54, 1.807) is 6.20 Å². The topological polar surface area (TPSA) is 64.4 Å². The predicted octanol–water partition coefficient (Wildman–Crippen LogP) is 2.33. The van der Waals surface area contributed by atoms with Crippen LogP contribution in [0, 0.1) is 5.92 Å². The summed E-state index contributed by atoms with van der Waals surface area (Å²) in [6.07, 6.45) is 6.49. The van der Waals surface area contributed by atoms with E-state index in [2.05, 4.69) is 30.7 Å². The number of likely N-dealkylation sites (tertiary alicyclic amines) is 1. The fourth-order valence-electron chi connectivity index (χ4n) is 3.18. The molecule has 0 aromatic carbocycles. The van der Waals surface area contributed by atoms with Crippen LogP contribution >= 0.6 is 0 Å². The van der Waals surface area contributed by atoms with E-state index in [9.17, 15) is 8.42 Å². The van der Waals surface area contributed by atoms with Crippen molar-refractivity contribution in [2.24, 2.45) is 5.92 Å². The van der Waals surface area contributed by atoms with Crippen LogP contribution in [0.5, 0.6) is 0 Å². The van der Waals surface area contributed by atoms with Gasteiger partial charge < -0.3 is 9.30 Å². The Kier molecular flexibility index (Phi) is 6.83. The lowest BCUT2D eigenvalue weighted by atomic mass is 10.1. The van der Waals surface area contributed by atoms with E-state index < -0.39 is 9.84 Å². The maximum Gasteiger partial charge on any atom is 0.227 e. The average Bonchev–Trinajstić information content (AvgIpc) is 2.87. The molecule has 1 saturated heterocycles. The SMILES string of the molecule is CCCOC1CCCN(Cc2cnc(S(C)(=O)=O)n2CC(C)C)C1. The molecule has 1 fully saturated rings. The van der Waals surface area contributed by atoms with Gasteiger partial charge in [-0.25, -0.2) is 13.4 Å². The minimum atomic E-state index is -3.31. The first kappa shape index (κ1) is 19.4. The molecule has 2 heterocycles. The molecule has 0 amide bonds. The van der Waals surface area contributed by atoms with Crippen molar-refractivity contribution in [3.05, 3.63) is 11.9 Å². The Balaban J connectivity index is 2.12. The number of imidazole rings is 1. The van der Waals surface area contributed by atoms with Crippen LogP contribution in [0.3, 0.4) is 0 Å². The van der Waals surface area contributed by atoms with Crippen molar-refractivity contribution in [1.29, 1.82) is 0 Å². The lowest BCUT2D eigenvalue weighted by Gasteiger charge is -2.32. The lowest BCUT2D eigenvalue weighted by molar-refractivity contribution is -0.00286. The molecule has 1 aliphatic rings. The first-order valence-corrected chi connectivity index (χ1v) is 10.8. The van der Waals surface area contributed by atoms with Crippen LogP contribution in [0.1, 0.15) is 45.7 Å². The van der Waals surface area contributed by atoms with E-state index in [0.29, 0.717) is 12.5 Å². The summed E-state index contributed by atoms with van der Waals surface area (Å²) in [4.78, 5) is 6.54. The molecule has 0 bridgehead atoms. The van der Waals surface area contributed by atoms with Crippen LogP contribution in [0.4, 0.5) is 0 Å². The zero-order valence-corrected chi connectivity index (χ0v) is 16.2. The van der Waals surface area contributed by atoms with Gasteiger partial charge in [0.05, 0.1) is 18.0 Å². The van der Waals surface area contributed by atoms with Crippen molar-refractivity contribution in [1.82, 2.24) is 14.5 Å². The summed E-state index contributed by atoms with van der Waals surface area (Å²) in [6, 6.07) is 0. The number of hydrogen-bond acceptors (Lipinski definition) is 5. The molecule has 1 aromatic heterocycles. The highest BCUT2D eigenvalue weighted by Crippen LogP contribution is 2.19. The number of rotatable bonds is 8. The van der Waals surface area contributed by atoms with E-state index in [0.717, 1.165) is 51.2 Å². The quantitative estimate of drug-likeness (QED) is 0.714. The molecular weight excluding hydrogens is 326 g/mol. The predicted molar refractivity (Wildman–Crippen MR) is 94.7 cm³/mol. The molecular formula is C17H31N3O3S. The molecule has 24 heavy (non-hydrogen) atoms. The number of sulfone groups is 1. The van der Waals surface area contributed by atoms with Crippen molar-refractivity contribution in [3.63, 3.8) is 0 Å². The molecule has 1 aromatic rings.